The Morgan fingerprint density at radius 3 is 2.51 bits per heavy atom. The number of fused-ring (bicyclic) bond motifs is 1. The number of nitrogens with zero attached hydrogens (tertiary/aromatic N) is 4. The van der Waals surface area contributed by atoms with Crippen LogP contribution in [0.3, 0.4) is 0 Å². The molecule has 2 aromatic carbocycles. The predicted octanol–water partition coefficient (Wildman–Crippen LogP) is 3.03. The van der Waals surface area contributed by atoms with Gasteiger partial charge in [0.2, 0.25) is 11.8 Å². The van der Waals surface area contributed by atoms with Gasteiger partial charge in [-0.2, -0.15) is 5.10 Å². The SMILES string of the molecule is Cc1ccn(-c2ccc(C(=O)N3CCC(C)(C(=O)N(C)CC(N)=O)Cc4ccccc43)c(C)c2)n1. The molecule has 0 saturated heterocycles. The topological polar surface area (TPSA) is 102 Å². The van der Waals surface area contributed by atoms with E-state index in [2.05, 4.69) is 5.10 Å². The van der Waals surface area contributed by atoms with E-state index in [9.17, 15) is 14.4 Å². The third-order valence-electron chi connectivity index (χ3n) is 6.68. The van der Waals surface area contributed by atoms with Crippen molar-refractivity contribution < 1.29 is 14.4 Å². The molecule has 8 nitrogen and oxygen atoms in total. The van der Waals surface area contributed by atoms with E-state index in [1.54, 1.807) is 16.6 Å². The van der Waals surface area contributed by atoms with Crippen LogP contribution < -0.4 is 10.6 Å². The summed E-state index contributed by atoms with van der Waals surface area (Å²) >= 11 is 0. The second-order valence-corrected chi connectivity index (χ2v) is 9.60. The fraction of sp³-hybridized carbons (Fsp3) is 0.333. The van der Waals surface area contributed by atoms with Crippen molar-refractivity contribution in [3.05, 3.63) is 77.1 Å². The zero-order chi connectivity index (χ0) is 25.3. The molecule has 182 valence electrons. The third kappa shape index (κ3) is 4.82. The minimum Gasteiger partial charge on any atom is -0.368 e. The molecular weight excluding hydrogens is 442 g/mol. The quantitative estimate of drug-likeness (QED) is 0.615. The van der Waals surface area contributed by atoms with Crippen molar-refractivity contribution in [2.24, 2.45) is 11.1 Å². The van der Waals surface area contributed by atoms with Crippen molar-refractivity contribution in [2.75, 3.05) is 25.0 Å². The van der Waals surface area contributed by atoms with Crippen LogP contribution in [0.5, 0.6) is 0 Å². The van der Waals surface area contributed by atoms with Crippen LogP contribution in [0.25, 0.3) is 5.69 Å². The second kappa shape index (κ2) is 9.37. The van der Waals surface area contributed by atoms with Gasteiger partial charge in [-0.05, 0) is 68.1 Å². The lowest BCUT2D eigenvalue weighted by atomic mass is 9.80. The average Bonchev–Trinajstić information content (AvgIpc) is 3.18. The maximum atomic E-state index is 13.8. The molecule has 1 aliphatic heterocycles. The van der Waals surface area contributed by atoms with Crippen molar-refractivity contribution in [1.82, 2.24) is 14.7 Å². The molecular formula is C27H31N5O3. The Morgan fingerprint density at radius 1 is 1.11 bits per heavy atom. The van der Waals surface area contributed by atoms with Gasteiger partial charge in [-0.1, -0.05) is 25.1 Å². The Balaban J connectivity index is 1.65. The van der Waals surface area contributed by atoms with Gasteiger partial charge in [0.1, 0.15) is 0 Å². The highest BCUT2D eigenvalue weighted by molar-refractivity contribution is 6.07. The molecule has 0 saturated carbocycles. The van der Waals surface area contributed by atoms with Gasteiger partial charge >= 0.3 is 0 Å². The number of rotatable bonds is 5. The number of primary amides is 1. The summed E-state index contributed by atoms with van der Waals surface area (Å²) in [6, 6.07) is 15.3. The minimum absolute atomic E-state index is 0.111. The van der Waals surface area contributed by atoms with Crippen LogP contribution in [0.4, 0.5) is 5.69 Å². The Hall–Kier alpha value is -3.94. The molecule has 1 aliphatic rings. The number of anilines is 1. The van der Waals surface area contributed by atoms with Crippen LogP contribution in [-0.2, 0) is 16.0 Å². The predicted molar refractivity (Wildman–Crippen MR) is 134 cm³/mol. The van der Waals surface area contributed by atoms with Crippen LogP contribution in [0, 0.1) is 19.3 Å². The first-order valence-corrected chi connectivity index (χ1v) is 11.7. The van der Waals surface area contributed by atoms with E-state index < -0.39 is 11.3 Å². The highest BCUT2D eigenvalue weighted by Crippen LogP contribution is 2.38. The number of amides is 3. The summed E-state index contributed by atoms with van der Waals surface area (Å²) in [5.74, 6) is -0.824. The van der Waals surface area contributed by atoms with Crippen molar-refractivity contribution >= 4 is 23.4 Å². The highest BCUT2D eigenvalue weighted by Gasteiger charge is 2.40. The number of hydrogen-bond acceptors (Lipinski definition) is 4. The highest BCUT2D eigenvalue weighted by atomic mass is 16.2. The lowest BCUT2D eigenvalue weighted by Gasteiger charge is -2.31. The number of para-hydroxylation sites is 1. The van der Waals surface area contributed by atoms with Crippen molar-refractivity contribution in [3.8, 4) is 5.69 Å². The molecule has 0 radical (unpaired) electrons. The average molecular weight is 474 g/mol. The molecule has 2 N–H and O–H groups in total. The molecule has 0 bridgehead atoms. The normalized spacial score (nSPS) is 17.4. The third-order valence-corrected chi connectivity index (χ3v) is 6.68. The van der Waals surface area contributed by atoms with Gasteiger partial charge in [0.15, 0.2) is 0 Å². The van der Waals surface area contributed by atoms with Crippen LogP contribution >= 0.6 is 0 Å². The molecule has 1 aromatic heterocycles. The maximum Gasteiger partial charge on any atom is 0.258 e. The van der Waals surface area contributed by atoms with Gasteiger partial charge in [-0.3, -0.25) is 14.4 Å². The summed E-state index contributed by atoms with van der Waals surface area (Å²) in [5.41, 5.74) is 9.52. The lowest BCUT2D eigenvalue weighted by Crippen LogP contribution is -2.45. The van der Waals surface area contributed by atoms with Gasteiger partial charge in [0.25, 0.3) is 5.91 Å². The fourth-order valence-corrected chi connectivity index (χ4v) is 4.81. The van der Waals surface area contributed by atoms with Gasteiger partial charge < -0.3 is 15.5 Å². The zero-order valence-electron chi connectivity index (χ0n) is 20.6. The minimum atomic E-state index is -0.772. The second-order valence-electron chi connectivity index (χ2n) is 9.60. The Labute approximate surface area is 205 Å². The first kappa shape index (κ1) is 24.2. The maximum absolute atomic E-state index is 13.8. The van der Waals surface area contributed by atoms with Crippen LogP contribution in [0.15, 0.2) is 54.7 Å². The number of carbonyl (C=O) groups excluding carboxylic acids is 3. The molecule has 0 aliphatic carbocycles. The lowest BCUT2D eigenvalue weighted by molar-refractivity contribution is -0.142. The van der Waals surface area contributed by atoms with Crippen molar-refractivity contribution in [2.45, 2.75) is 33.6 Å². The van der Waals surface area contributed by atoms with E-state index in [4.69, 9.17) is 5.73 Å². The summed E-state index contributed by atoms with van der Waals surface area (Å²) in [5, 5.41) is 4.45. The standard InChI is InChI=1S/C27H31N5O3/c1-18-15-21(32-13-11-19(2)29-32)9-10-22(18)25(34)31-14-12-27(3,26(35)30(4)17-24(28)33)16-20-7-5-6-8-23(20)31/h5-11,13,15H,12,14,16-17H2,1-4H3,(H2,28,33). The number of likely N-dealkylation sites (N-methyl/N-ethyl adjacent to an activating group) is 1. The van der Waals surface area contributed by atoms with Crippen LogP contribution in [0.2, 0.25) is 0 Å². The number of nitrogens with two attached hydrogens (primary N) is 1. The molecule has 3 aromatic rings. The molecule has 1 unspecified atom stereocenters. The van der Waals surface area contributed by atoms with E-state index in [1.807, 2.05) is 75.5 Å². The van der Waals surface area contributed by atoms with Crippen LogP contribution in [-0.4, -0.2) is 52.5 Å². The summed E-state index contributed by atoms with van der Waals surface area (Å²) < 4.78 is 1.79. The number of aryl methyl sites for hydroxylation is 2. The van der Waals surface area contributed by atoms with Gasteiger partial charge in [0, 0.05) is 31.0 Å². The fourth-order valence-electron chi connectivity index (χ4n) is 4.81. The van der Waals surface area contributed by atoms with E-state index >= 15 is 0 Å². The first-order chi connectivity index (χ1) is 16.6. The summed E-state index contributed by atoms with van der Waals surface area (Å²) in [6.07, 6.45) is 2.81. The largest absolute Gasteiger partial charge is 0.368 e. The van der Waals surface area contributed by atoms with Gasteiger partial charge in [-0.15, -0.1) is 0 Å². The van der Waals surface area contributed by atoms with E-state index in [1.165, 1.54) is 4.90 Å². The number of hydrogen-bond donors (Lipinski definition) is 1. The molecule has 0 spiro atoms. The molecule has 3 amide bonds. The molecule has 4 rings (SSSR count). The Kier molecular flexibility index (Phi) is 6.47. The van der Waals surface area contributed by atoms with E-state index in [0.29, 0.717) is 24.9 Å². The summed E-state index contributed by atoms with van der Waals surface area (Å²) in [6.45, 7) is 5.98. The summed E-state index contributed by atoms with van der Waals surface area (Å²) in [7, 11) is 1.59. The number of aromatic nitrogens is 2. The first-order valence-electron chi connectivity index (χ1n) is 11.7. The molecule has 8 heteroatoms. The summed E-state index contributed by atoms with van der Waals surface area (Å²) in [4.78, 5) is 41.6. The zero-order valence-corrected chi connectivity index (χ0v) is 20.6. The monoisotopic (exact) mass is 473 g/mol. The van der Waals surface area contributed by atoms with Crippen molar-refractivity contribution in [3.63, 3.8) is 0 Å². The smallest absolute Gasteiger partial charge is 0.258 e. The van der Waals surface area contributed by atoms with Crippen LogP contribution in [0.1, 0.15) is 40.5 Å². The van der Waals surface area contributed by atoms with E-state index in [0.717, 1.165) is 28.2 Å². The number of carbonyl (C=O) groups is 3. The Bertz CT molecular complexity index is 1300. The van der Waals surface area contributed by atoms with Gasteiger partial charge in [0.05, 0.1) is 23.3 Å². The Morgan fingerprint density at radius 2 is 1.86 bits per heavy atom. The van der Waals surface area contributed by atoms with Gasteiger partial charge in [-0.25, -0.2) is 4.68 Å². The van der Waals surface area contributed by atoms with E-state index in [-0.39, 0.29) is 18.4 Å². The molecule has 2 heterocycles. The molecule has 35 heavy (non-hydrogen) atoms. The van der Waals surface area contributed by atoms with Crippen molar-refractivity contribution in [1.29, 1.82) is 0 Å². The molecule has 1 atom stereocenters. The molecule has 0 fully saturated rings. The number of benzene rings is 2.